The fraction of sp³-hybridized carbons (Fsp3) is 0.667. The van der Waals surface area contributed by atoms with E-state index in [1.807, 2.05) is 13.8 Å². The van der Waals surface area contributed by atoms with Gasteiger partial charge in [-0.15, -0.1) is 0 Å². The molecule has 0 radical (unpaired) electrons. The van der Waals surface area contributed by atoms with Gasteiger partial charge >= 0.3 is 0 Å². The fourth-order valence-corrected chi connectivity index (χ4v) is 1.90. The summed E-state index contributed by atoms with van der Waals surface area (Å²) in [4.78, 5) is 0. The zero-order chi connectivity index (χ0) is 15.2. The average Bonchev–Trinajstić information content (AvgIpc) is 2.39. The van der Waals surface area contributed by atoms with E-state index < -0.39 is 0 Å². The van der Waals surface area contributed by atoms with E-state index in [0.29, 0.717) is 0 Å². The van der Waals surface area contributed by atoms with E-state index in [1.54, 1.807) is 0 Å². The molecule has 0 spiro atoms. The number of aliphatic hydroxyl groups excluding tert-OH is 2. The molecule has 0 aliphatic carbocycles. The summed E-state index contributed by atoms with van der Waals surface area (Å²) in [7, 11) is 0. The van der Waals surface area contributed by atoms with Gasteiger partial charge in [-0.25, -0.2) is 0 Å². The van der Waals surface area contributed by atoms with E-state index in [0.717, 1.165) is 44.9 Å². The molecule has 0 saturated heterocycles. The molecule has 2 unspecified atom stereocenters. The van der Waals surface area contributed by atoms with Crippen LogP contribution in [0.5, 0.6) is 0 Å². The molecule has 20 heavy (non-hydrogen) atoms. The Balaban J connectivity index is 3.72. The van der Waals surface area contributed by atoms with Gasteiger partial charge in [0.15, 0.2) is 0 Å². The Morgan fingerprint density at radius 2 is 1.35 bits per heavy atom. The minimum atomic E-state index is -0.201. The van der Waals surface area contributed by atoms with Gasteiger partial charge in [0.1, 0.15) is 0 Å². The molecule has 0 aliphatic heterocycles. The van der Waals surface area contributed by atoms with Crippen molar-refractivity contribution in [2.45, 2.75) is 77.9 Å². The van der Waals surface area contributed by atoms with Crippen LogP contribution in [0.3, 0.4) is 0 Å². The summed E-state index contributed by atoms with van der Waals surface area (Å²) >= 11 is 0. The van der Waals surface area contributed by atoms with Crippen molar-refractivity contribution in [3.8, 4) is 0 Å². The van der Waals surface area contributed by atoms with Crippen molar-refractivity contribution in [2.75, 3.05) is 0 Å². The van der Waals surface area contributed by atoms with E-state index in [-0.39, 0.29) is 12.2 Å². The molecule has 0 amide bonds. The van der Waals surface area contributed by atoms with Crippen molar-refractivity contribution in [3.05, 3.63) is 36.0 Å². The standard InChI is InChI=1S/C18H32O2/c1-4-18(15-11-7-9-13-17(3)20)14-10-6-5-8-12-16(2)19/h4-7,11,16-17,19-20H,8-10,12-15H2,1-3H3/b6-5+,11-7-,18-4+. The molecule has 0 fully saturated rings. The SMILES string of the molecule is C/C=C(/C/C=C\CCC(C)O)CC/C=C/CCC(C)O. The minimum Gasteiger partial charge on any atom is -0.393 e. The lowest BCUT2D eigenvalue weighted by molar-refractivity contribution is 0.185. The lowest BCUT2D eigenvalue weighted by Gasteiger charge is -2.02. The smallest absolute Gasteiger partial charge is 0.0515 e. The molecule has 116 valence electrons. The third-order valence-electron chi connectivity index (χ3n) is 3.26. The largest absolute Gasteiger partial charge is 0.393 e. The van der Waals surface area contributed by atoms with E-state index in [9.17, 15) is 0 Å². The number of rotatable bonds is 11. The van der Waals surface area contributed by atoms with Crippen molar-refractivity contribution in [1.82, 2.24) is 0 Å². The van der Waals surface area contributed by atoms with Crippen molar-refractivity contribution in [1.29, 1.82) is 0 Å². The van der Waals surface area contributed by atoms with Crippen LogP contribution in [0.4, 0.5) is 0 Å². The first kappa shape index (κ1) is 19.1. The zero-order valence-corrected chi connectivity index (χ0v) is 13.4. The average molecular weight is 280 g/mol. The van der Waals surface area contributed by atoms with Crippen molar-refractivity contribution >= 4 is 0 Å². The Kier molecular flexibility index (Phi) is 12.6. The van der Waals surface area contributed by atoms with Gasteiger partial charge in [-0.2, -0.15) is 0 Å². The second kappa shape index (κ2) is 13.1. The summed E-state index contributed by atoms with van der Waals surface area (Å²) in [6.07, 6.45) is 17.3. The molecule has 0 bridgehead atoms. The molecule has 0 aliphatic rings. The highest BCUT2D eigenvalue weighted by molar-refractivity contribution is 5.07. The summed E-state index contributed by atoms with van der Waals surface area (Å²) in [6, 6.07) is 0. The zero-order valence-electron chi connectivity index (χ0n) is 13.4. The van der Waals surface area contributed by atoms with Crippen molar-refractivity contribution in [3.63, 3.8) is 0 Å². The Morgan fingerprint density at radius 1 is 0.850 bits per heavy atom. The van der Waals surface area contributed by atoms with Gasteiger partial charge in [-0.3, -0.25) is 0 Å². The second-order valence-electron chi connectivity index (χ2n) is 5.49. The summed E-state index contributed by atoms with van der Waals surface area (Å²) in [5.41, 5.74) is 1.46. The van der Waals surface area contributed by atoms with E-state index in [4.69, 9.17) is 10.2 Å². The molecule has 0 aromatic heterocycles. The van der Waals surface area contributed by atoms with Crippen molar-refractivity contribution < 1.29 is 10.2 Å². The van der Waals surface area contributed by atoms with Crippen LogP contribution in [-0.4, -0.2) is 22.4 Å². The predicted octanol–water partition coefficient (Wildman–Crippen LogP) is 4.54. The monoisotopic (exact) mass is 280 g/mol. The van der Waals surface area contributed by atoms with E-state index in [2.05, 4.69) is 37.3 Å². The number of aliphatic hydroxyl groups is 2. The maximum absolute atomic E-state index is 9.16. The lowest BCUT2D eigenvalue weighted by Crippen LogP contribution is -1.96. The Bertz CT molecular complexity index is 299. The van der Waals surface area contributed by atoms with Crippen LogP contribution in [0, 0.1) is 0 Å². The van der Waals surface area contributed by atoms with Crippen LogP contribution in [-0.2, 0) is 0 Å². The van der Waals surface area contributed by atoms with Gasteiger partial charge in [0.25, 0.3) is 0 Å². The first-order valence-corrected chi connectivity index (χ1v) is 7.86. The van der Waals surface area contributed by atoms with Gasteiger partial charge in [-0.05, 0) is 65.7 Å². The maximum Gasteiger partial charge on any atom is 0.0515 e. The summed E-state index contributed by atoms with van der Waals surface area (Å²) in [5, 5.41) is 18.3. The van der Waals surface area contributed by atoms with Crippen LogP contribution in [0.2, 0.25) is 0 Å². The summed E-state index contributed by atoms with van der Waals surface area (Å²) in [6.45, 7) is 5.75. The van der Waals surface area contributed by atoms with Gasteiger partial charge in [0, 0.05) is 0 Å². The minimum absolute atomic E-state index is 0.197. The number of allylic oxidation sites excluding steroid dienone is 6. The van der Waals surface area contributed by atoms with Gasteiger partial charge in [-0.1, -0.05) is 36.0 Å². The van der Waals surface area contributed by atoms with Crippen LogP contribution in [0.1, 0.15) is 65.7 Å². The van der Waals surface area contributed by atoms with Crippen LogP contribution < -0.4 is 0 Å². The highest BCUT2D eigenvalue weighted by Crippen LogP contribution is 2.12. The molecular formula is C18H32O2. The molecule has 0 aromatic carbocycles. The third kappa shape index (κ3) is 13.6. The highest BCUT2D eigenvalue weighted by atomic mass is 16.3. The number of hydrogen-bond acceptors (Lipinski definition) is 2. The third-order valence-corrected chi connectivity index (χ3v) is 3.26. The van der Waals surface area contributed by atoms with Crippen LogP contribution in [0.15, 0.2) is 36.0 Å². The van der Waals surface area contributed by atoms with E-state index in [1.165, 1.54) is 5.57 Å². The molecule has 2 nitrogen and oxygen atoms in total. The summed E-state index contributed by atoms with van der Waals surface area (Å²) < 4.78 is 0. The molecule has 2 heteroatoms. The van der Waals surface area contributed by atoms with Gasteiger partial charge in [0.2, 0.25) is 0 Å². The molecule has 2 atom stereocenters. The normalized spacial score (nSPS) is 16.1. The molecule has 0 rings (SSSR count). The molecule has 0 aromatic rings. The van der Waals surface area contributed by atoms with Crippen LogP contribution in [0.25, 0.3) is 0 Å². The second-order valence-corrected chi connectivity index (χ2v) is 5.49. The maximum atomic E-state index is 9.16. The highest BCUT2D eigenvalue weighted by Gasteiger charge is 1.94. The Morgan fingerprint density at radius 3 is 1.85 bits per heavy atom. The first-order chi connectivity index (χ1) is 9.56. The lowest BCUT2D eigenvalue weighted by atomic mass is 10.1. The topological polar surface area (TPSA) is 40.5 Å². The quantitative estimate of drug-likeness (QED) is 0.546. The predicted molar refractivity (Wildman–Crippen MR) is 87.7 cm³/mol. The van der Waals surface area contributed by atoms with Gasteiger partial charge < -0.3 is 10.2 Å². The molecular weight excluding hydrogens is 248 g/mol. The van der Waals surface area contributed by atoms with Crippen LogP contribution >= 0.6 is 0 Å². The van der Waals surface area contributed by atoms with E-state index >= 15 is 0 Å². The molecule has 2 N–H and O–H groups in total. The molecule has 0 heterocycles. The fourth-order valence-electron chi connectivity index (χ4n) is 1.90. The first-order valence-electron chi connectivity index (χ1n) is 7.86. The molecule has 0 saturated carbocycles. The van der Waals surface area contributed by atoms with Crippen molar-refractivity contribution in [2.24, 2.45) is 0 Å². The summed E-state index contributed by atoms with van der Waals surface area (Å²) in [5.74, 6) is 0. The van der Waals surface area contributed by atoms with Gasteiger partial charge in [0.05, 0.1) is 12.2 Å². The Hall–Kier alpha value is -0.860. The Labute approximate surface area is 124 Å². The number of hydrogen-bond donors (Lipinski definition) is 2.